The summed E-state index contributed by atoms with van der Waals surface area (Å²) in [6.07, 6.45) is 3.62. The van der Waals surface area contributed by atoms with Gasteiger partial charge in [-0.25, -0.2) is 0 Å². The van der Waals surface area contributed by atoms with Crippen LogP contribution >= 0.6 is 0 Å². The first-order valence-corrected chi connectivity index (χ1v) is 5.97. The summed E-state index contributed by atoms with van der Waals surface area (Å²) in [7, 11) is 0. The van der Waals surface area contributed by atoms with Crippen LogP contribution in [0.4, 0.5) is 0 Å². The lowest BCUT2D eigenvalue weighted by Gasteiger charge is -2.26. The zero-order chi connectivity index (χ0) is 11.4. The van der Waals surface area contributed by atoms with Gasteiger partial charge >= 0.3 is 0 Å². The van der Waals surface area contributed by atoms with Gasteiger partial charge in [0, 0.05) is 12.8 Å². The Balaban J connectivity index is 1.68. The smallest absolute Gasteiger partial charge is 0.133 e. The Kier molecular flexibility index (Phi) is 3.73. The number of rotatable bonds is 5. The van der Waals surface area contributed by atoms with Crippen molar-refractivity contribution < 1.29 is 9.90 Å². The molecule has 0 radical (unpaired) electrons. The molecule has 1 saturated carbocycles. The molecular formula is C14H18O2. The fraction of sp³-hybridized carbons (Fsp3) is 0.500. The number of hydrogen-bond donors (Lipinski definition) is 1. The van der Waals surface area contributed by atoms with Gasteiger partial charge in [-0.15, -0.1) is 0 Å². The molecule has 0 heterocycles. The van der Waals surface area contributed by atoms with Gasteiger partial charge in [0.15, 0.2) is 0 Å². The van der Waals surface area contributed by atoms with E-state index in [1.165, 1.54) is 5.56 Å². The molecule has 0 unspecified atom stereocenters. The van der Waals surface area contributed by atoms with Crippen LogP contribution in [0.15, 0.2) is 30.3 Å². The van der Waals surface area contributed by atoms with E-state index in [-0.39, 0.29) is 6.10 Å². The average molecular weight is 218 g/mol. The van der Waals surface area contributed by atoms with Crippen molar-refractivity contribution in [2.75, 3.05) is 0 Å². The molecule has 2 nitrogen and oxygen atoms in total. The van der Waals surface area contributed by atoms with Crippen LogP contribution in [0.5, 0.6) is 0 Å². The molecule has 1 atom stereocenters. The van der Waals surface area contributed by atoms with Crippen molar-refractivity contribution >= 4 is 5.78 Å². The van der Waals surface area contributed by atoms with E-state index >= 15 is 0 Å². The highest BCUT2D eigenvalue weighted by Gasteiger charge is 2.28. The maximum absolute atomic E-state index is 10.8. The molecule has 1 aromatic carbocycles. The molecule has 0 aromatic heterocycles. The van der Waals surface area contributed by atoms with Crippen molar-refractivity contribution in [3.63, 3.8) is 0 Å². The summed E-state index contributed by atoms with van der Waals surface area (Å²) in [4.78, 5) is 10.8. The molecule has 0 bridgehead atoms. The van der Waals surface area contributed by atoms with E-state index in [1.807, 2.05) is 18.2 Å². The van der Waals surface area contributed by atoms with Gasteiger partial charge in [-0.2, -0.15) is 0 Å². The predicted octanol–water partition coefficient (Wildman–Crippen LogP) is 2.35. The van der Waals surface area contributed by atoms with Crippen LogP contribution in [0.1, 0.15) is 31.2 Å². The molecule has 1 aromatic rings. The summed E-state index contributed by atoms with van der Waals surface area (Å²) < 4.78 is 0. The third-order valence-electron chi connectivity index (χ3n) is 3.25. The van der Waals surface area contributed by atoms with Crippen LogP contribution < -0.4 is 0 Å². The molecule has 1 aliphatic rings. The number of aliphatic hydroxyl groups is 1. The number of ketones is 1. The van der Waals surface area contributed by atoms with Crippen molar-refractivity contribution in [2.24, 2.45) is 5.92 Å². The molecule has 0 saturated heterocycles. The van der Waals surface area contributed by atoms with Gasteiger partial charge in [-0.1, -0.05) is 30.3 Å². The maximum Gasteiger partial charge on any atom is 0.133 e. The lowest BCUT2D eigenvalue weighted by molar-refractivity contribution is -0.127. The lowest BCUT2D eigenvalue weighted by Crippen LogP contribution is -2.27. The largest absolute Gasteiger partial charge is 0.393 e. The summed E-state index contributed by atoms with van der Waals surface area (Å²) in [6.45, 7) is 0. The van der Waals surface area contributed by atoms with E-state index in [1.54, 1.807) is 0 Å². The molecule has 86 valence electrons. The second-order valence-corrected chi connectivity index (χ2v) is 4.73. The SMILES string of the molecule is O=C1CC(C[C@H](O)CCc2ccccc2)C1. The first kappa shape index (κ1) is 11.3. The summed E-state index contributed by atoms with van der Waals surface area (Å²) in [5.41, 5.74) is 1.27. The molecule has 2 rings (SSSR count). The van der Waals surface area contributed by atoms with Crippen molar-refractivity contribution in [1.82, 2.24) is 0 Å². The summed E-state index contributed by atoms with van der Waals surface area (Å²) in [5, 5.41) is 9.82. The van der Waals surface area contributed by atoms with Crippen molar-refractivity contribution in [2.45, 2.75) is 38.2 Å². The van der Waals surface area contributed by atoms with Gasteiger partial charge in [0.25, 0.3) is 0 Å². The third-order valence-corrected chi connectivity index (χ3v) is 3.25. The number of benzene rings is 1. The van der Waals surface area contributed by atoms with E-state index in [4.69, 9.17) is 0 Å². The first-order chi connectivity index (χ1) is 7.74. The van der Waals surface area contributed by atoms with Crippen molar-refractivity contribution in [3.05, 3.63) is 35.9 Å². The van der Waals surface area contributed by atoms with E-state index in [0.717, 1.165) is 19.3 Å². The van der Waals surface area contributed by atoms with E-state index in [0.29, 0.717) is 24.5 Å². The highest BCUT2D eigenvalue weighted by Crippen LogP contribution is 2.28. The molecular weight excluding hydrogens is 200 g/mol. The molecule has 16 heavy (non-hydrogen) atoms. The molecule has 1 fully saturated rings. The number of aliphatic hydroxyl groups excluding tert-OH is 1. The number of Topliss-reactive ketones (excluding diaryl/α,β-unsaturated/α-hetero) is 1. The Morgan fingerprint density at radius 1 is 1.25 bits per heavy atom. The predicted molar refractivity (Wildman–Crippen MR) is 63.1 cm³/mol. The first-order valence-electron chi connectivity index (χ1n) is 5.97. The van der Waals surface area contributed by atoms with Crippen LogP contribution in [0.2, 0.25) is 0 Å². The molecule has 0 aliphatic heterocycles. The minimum atomic E-state index is -0.252. The zero-order valence-corrected chi connectivity index (χ0v) is 9.43. The third kappa shape index (κ3) is 3.17. The van der Waals surface area contributed by atoms with Crippen LogP contribution in [0.3, 0.4) is 0 Å². The van der Waals surface area contributed by atoms with E-state index < -0.39 is 0 Å². The Morgan fingerprint density at radius 2 is 1.94 bits per heavy atom. The monoisotopic (exact) mass is 218 g/mol. The number of carbonyl (C=O) groups is 1. The molecule has 0 amide bonds. The molecule has 1 N–H and O–H groups in total. The minimum absolute atomic E-state index is 0.252. The van der Waals surface area contributed by atoms with Gasteiger partial charge < -0.3 is 5.11 Å². The van der Waals surface area contributed by atoms with E-state index in [9.17, 15) is 9.90 Å². The average Bonchev–Trinajstić information content (AvgIpc) is 2.26. The number of aryl methyl sites for hydroxylation is 1. The van der Waals surface area contributed by atoms with Gasteiger partial charge in [-0.3, -0.25) is 4.79 Å². The zero-order valence-electron chi connectivity index (χ0n) is 9.43. The van der Waals surface area contributed by atoms with Crippen LogP contribution in [0, 0.1) is 5.92 Å². The normalized spacial score (nSPS) is 18.2. The van der Waals surface area contributed by atoms with Gasteiger partial charge in [0.1, 0.15) is 5.78 Å². The lowest BCUT2D eigenvalue weighted by atomic mass is 9.79. The second kappa shape index (κ2) is 5.26. The number of carbonyl (C=O) groups excluding carboxylic acids is 1. The Labute approximate surface area is 96.3 Å². The maximum atomic E-state index is 10.8. The standard InChI is InChI=1S/C14H18O2/c15-13(8-12-9-14(16)10-12)7-6-11-4-2-1-3-5-11/h1-5,12-13,15H,6-10H2/t13-/m1/s1. The fourth-order valence-electron chi connectivity index (χ4n) is 2.23. The molecule has 0 spiro atoms. The van der Waals surface area contributed by atoms with Crippen LogP contribution in [-0.4, -0.2) is 17.0 Å². The molecule has 2 heteroatoms. The van der Waals surface area contributed by atoms with Gasteiger partial charge in [0.05, 0.1) is 6.10 Å². The van der Waals surface area contributed by atoms with Crippen LogP contribution in [-0.2, 0) is 11.2 Å². The van der Waals surface area contributed by atoms with E-state index in [2.05, 4.69) is 12.1 Å². The van der Waals surface area contributed by atoms with Gasteiger partial charge in [-0.05, 0) is 30.7 Å². The van der Waals surface area contributed by atoms with Crippen LogP contribution in [0.25, 0.3) is 0 Å². The Morgan fingerprint density at radius 3 is 2.56 bits per heavy atom. The summed E-state index contributed by atoms with van der Waals surface area (Å²) >= 11 is 0. The fourth-order valence-corrected chi connectivity index (χ4v) is 2.23. The quantitative estimate of drug-likeness (QED) is 0.823. The Hall–Kier alpha value is -1.15. The summed E-state index contributed by atoms with van der Waals surface area (Å²) in [6, 6.07) is 10.2. The van der Waals surface area contributed by atoms with Gasteiger partial charge in [0.2, 0.25) is 0 Å². The topological polar surface area (TPSA) is 37.3 Å². The van der Waals surface area contributed by atoms with Crippen molar-refractivity contribution in [3.8, 4) is 0 Å². The molecule has 1 aliphatic carbocycles. The Bertz CT molecular complexity index is 337. The second-order valence-electron chi connectivity index (χ2n) is 4.73. The highest BCUT2D eigenvalue weighted by molar-refractivity contribution is 5.84. The minimum Gasteiger partial charge on any atom is -0.393 e. The highest BCUT2D eigenvalue weighted by atomic mass is 16.3. The van der Waals surface area contributed by atoms with Crippen molar-refractivity contribution in [1.29, 1.82) is 0 Å². The number of hydrogen-bond acceptors (Lipinski definition) is 2. The summed E-state index contributed by atoms with van der Waals surface area (Å²) in [5.74, 6) is 0.790.